The summed E-state index contributed by atoms with van der Waals surface area (Å²) in [7, 11) is 1.60. The second-order valence-electron chi connectivity index (χ2n) is 7.42. The third kappa shape index (κ3) is 2.23. The van der Waals surface area contributed by atoms with Crippen molar-refractivity contribution in [3.63, 3.8) is 0 Å². The van der Waals surface area contributed by atoms with Gasteiger partial charge in [0, 0.05) is 10.4 Å². The summed E-state index contributed by atoms with van der Waals surface area (Å²) in [5.41, 5.74) is 0.661. The van der Waals surface area contributed by atoms with Gasteiger partial charge in [-0.25, -0.2) is 0 Å². The van der Waals surface area contributed by atoms with E-state index in [1.165, 1.54) is 0 Å². The van der Waals surface area contributed by atoms with E-state index in [9.17, 15) is 5.11 Å². The van der Waals surface area contributed by atoms with Crippen molar-refractivity contribution in [1.82, 2.24) is 4.98 Å². The molecule has 4 nitrogen and oxygen atoms in total. The maximum atomic E-state index is 12.2. The molecule has 1 saturated carbocycles. The average molecular weight is 438 g/mol. The second-order valence-corrected chi connectivity index (χ2v) is 8.34. The lowest BCUT2D eigenvalue weighted by Gasteiger charge is -2.40. The fourth-order valence-corrected chi connectivity index (χ4v) is 5.28. The number of fused-ring (bicyclic) bond motifs is 3. The Morgan fingerprint density at radius 1 is 1.11 bits per heavy atom. The molecule has 2 aromatic carbocycles. The maximum Gasteiger partial charge on any atom is 0.174 e. The van der Waals surface area contributed by atoms with E-state index in [-0.39, 0.29) is 5.92 Å². The van der Waals surface area contributed by atoms with Crippen molar-refractivity contribution in [2.45, 2.75) is 30.0 Å². The molecule has 0 saturated heterocycles. The first-order valence-corrected chi connectivity index (χ1v) is 10.1. The number of pyridine rings is 1. The molecule has 3 unspecified atom stereocenters. The number of hydrogen-bond acceptors (Lipinski definition) is 4. The van der Waals surface area contributed by atoms with E-state index in [1.54, 1.807) is 19.5 Å². The molecular weight excluding hydrogens is 418 g/mol. The number of hydrogen-bond donors (Lipinski definition) is 1. The molecule has 0 spiro atoms. The van der Waals surface area contributed by atoms with E-state index >= 15 is 0 Å². The van der Waals surface area contributed by atoms with Gasteiger partial charge in [0.15, 0.2) is 5.60 Å². The van der Waals surface area contributed by atoms with Crippen molar-refractivity contribution in [2.24, 2.45) is 0 Å². The fraction of sp³-hybridized carbons (Fsp3) is 0.261. The molecule has 28 heavy (non-hydrogen) atoms. The van der Waals surface area contributed by atoms with Crippen LogP contribution >= 0.6 is 15.9 Å². The van der Waals surface area contributed by atoms with E-state index in [1.807, 2.05) is 42.5 Å². The van der Waals surface area contributed by atoms with E-state index in [2.05, 4.69) is 33.0 Å². The number of rotatable bonds is 3. The lowest BCUT2D eigenvalue weighted by molar-refractivity contribution is -0.106. The topological polar surface area (TPSA) is 51.6 Å². The van der Waals surface area contributed by atoms with Crippen LogP contribution in [0, 0.1) is 0 Å². The summed E-state index contributed by atoms with van der Waals surface area (Å²) in [6.45, 7) is 0. The lowest BCUT2D eigenvalue weighted by Crippen LogP contribution is -2.48. The molecule has 2 aliphatic rings. The molecule has 1 aliphatic heterocycles. The molecule has 1 N–H and O–H groups in total. The van der Waals surface area contributed by atoms with Crippen molar-refractivity contribution in [3.8, 4) is 11.5 Å². The minimum Gasteiger partial charge on any atom is -0.495 e. The van der Waals surface area contributed by atoms with Gasteiger partial charge < -0.3 is 14.6 Å². The van der Waals surface area contributed by atoms with Gasteiger partial charge in [-0.3, -0.25) is 4.98 Å². The van der Waals surface area contributed by atoms with Gasteiger partial charge in [0.25, 0.3) is 0 Å². The van der Waals surface area contributed by atoms with Crippen LogP contribution < -0.4 is 9.47 Å². The molecular formula is C23H20BrNO3. The molecule has 1 fully saturated rings. The van der Waals surface area contributed by atoms with Gasteiger partial charge in [-0.1, -0.05) is 58.4 Å². The molecule has 0 radical (unpaired) electrons. The minimum absolute atomic E-state index is 0.00279. The largest absolute Gasteiger partial charge is 0.495 e. The Morgan fingerprint density at radius 2 is 1.86 bits per heavy atom. The number of benzene rings is 2. The van der Waals surface area contributed by atoms with Crippen LogP contribution in [0.2, 0.25) is 0 Å². The highest BCUT2D eigenvalue weighted by Gasteiger charge is 2.69. The molecule has 5 rings (SSSR count). The number of nitrogens with zero attached hydrogens (tertiary/aromatic N) is 1. The highest BCUT2D eigenvalue weighted by molar-refractivity contribution is 9.10. The van der Waals surface area contributed by atoms with Crippen LogP contribution in [0.1, 0.15) is 35.4 Å². The summed E-state index contributed by atoms with van der Waals surface area (Å²) in [4.78, 5) is 4.25. The number of methoxy groups -OCH3 is 1. The zero-order valence-corrected chi connectivity index (χ0v) is 17.0. The van der Waals surface area contributed by atoms with Crippen LogP contribution in [0.3, 0.4) is 0 Å². The first-order valence-electron chi connectivity index (χ1n) is 9.35. The van der Waals surface area contributed by atoms with Crippen LogP contribution in [-0.4, -0.2) is 17.2 Å². The highest BCUT2D eigenvalue weighted by atomic mass is 79.9. The van der Waals surface area contributed by atoms with Crippen molar-refractivity contribution < 1.29 is 14.6 Å². The molecule has 142 valence electrons. The van der Waals surface area contributed by atoms with E-state index in [0.717, 1.165) is 22.0 Å². The molecule has 3 atom stereocenters. The summed E-state index contributed by atoms with van der Waals surface area (Å²) >= 11 is 3.52. The third-order valence-electron chi connectivity index (χ3n) is 6.16. The maximum absolute atomic E-state index is 12.2. The Kier molecular flexibility index (Phi) is 4.00. The number of halogens is 1. The Morgan fingerprint density at radius 3 is 2.57 bits per heavy atom. The van der Waals surface area contributed by atoms with Crippen LogP contribution in [0.4, 0.5) is 0 Å². The predicted octanol–water partition coefficient (Wildman–Crippen LogP) is 4.91. The molecule has 1 aromatic heterocycles. The number of aliphatic hydroxyl groups is 1. The Labute approximate surface area is 172 Å². The van der Waals surface area contributed by atoms with Gasteiger partial charge in [-0.15, -0.1) is 0 Å². The zero-order valence-electron chi connectivity index (χ0n) is 15.4. The quantitative estimate of drug-likeness (QED) is 0.632. The Bertz CT molecular complexity index is 1020. The van der Waals surface area contributed by atoms with Crippen molar-refractivity contribution >= 4 is 15.9 Å². The van der Waals surface area contributed by atoms with Gasteiger partial charge in [-0.2, -0.15) is 0 Å². The lowest BCUT2D eigenvalue weighted by atomic mass is 9.72. The van der Waals surface area contributed by atoms with Crippen LogP contribution in [0.25, 0.3) is 0 Å². The first kappa shape index (κ1) is 17.7. The van der Waals surface area contributed by atoms with Crippen LogP contribution in [-0.2, 0) is 11.2 Å². The van der Waals surface area contributed by atoms with Gasteiger partial charge in [-0.05, 0) is 36.1 Å². The normalized spacial score (nSPS) is 27.8. The molecule has 1 aliphatic carbocycles. The smallest absolute Gasteiger partial charge is 0.174 e. The van der Waals surface area contributed by atoms with E-state index in [4.69, 9.17) is 9.47 Å². The Hall–Kier alpha value is -2.37. The zero-order chi connectivity index (χ0) is 19.4. The second kappa shape index (κ2) is 6.33. The van der Waals surface area contributed by atoms with E-state index in [0.29, 0.717) is 23.5 Å². The first-order chi connectivity index (χ1) is 13.6. The third-order valence-corrected chi connectivity index (χ3v) is 6.68. The molecule has 0 amide bonds. The predicted molar refractivity (Wildman–Crippen MR) is 110 cm³/mol. The summed E-state index contributed by atoms with van der Waals surface area (Å²) in [5.74, 6) is 1.15. The summed E-state index contributed by atoms with van der Waals surface area (Å²) in [6, 6.07) is 18.3. The number of ether oxygens (including phenoxy) is 2. The van der Waals surface area contributed by atoms with Crippen LogP contribution in [0.15, 0.2) is 71.5 Å². The van der Waals surface area contributed by atoms with Gasteiger partial charge in [0.1, 0.15) is 17.1 Å². The van der Waals surface area contributed by atoms with Gasteiger partial charge in [0.05, 0.1) is 25.1 Å². The average Bonchev–Trinajstić information content (AvgIpc) is 3.16. The summed E-state index contributed by atoms with van der Waals surface area (Å²) in [5, 5.41) is 12.2. The number of aromatic nitrogens is 1. The van der Waals surface area contributed by atoms with Crippen LogP contribution in [0.5, 0.6) is 11.5 Å². The summed E-state index contributed by atoms with van der Waals surface area (Å²) < 4.78 is 13.2. The van der Waals surface area contributed by atoms with Crippen molar-refractivity contribution in [1.29, 1.82) is 0 Å². The van der Waals surface area contributed by atoms with Gasteiger partial charge >= 0.3 is 0 Å². The molecule has 5 heteroatoms. The highest BCUT2D eigenvalue weighted by Crippen LogP contribution is 2.67. The standard InChI is InChI=1S/C23H20BrNO3/c1-27-19-13-25-14-20-21(19)22(26)12-11-18(15-5-3-2-4-6-15)23(22,28-20)16-7-9-17(24)10-8-16/h2-10,13-14,18,26H,11-12H2,1H3. The van der Waals surface area contributed by atoms with Crippen molar-refractivity contribution in [3.05, 3.63) is 88.2 Å². The SMILES string of the molecule is COc1cncc2c1C1(O)CCC(c3ccccc3)C1(c1ccc(Br)cc1)O2. The molecule has 0 bridgehead atoms. The molecule has 2 heterocycles. The fourth-order valence-electron chi connectivity index (χ4n) is 5.02. The van der Waals surface area contributed by atoms with E-state index < -0.39 is 11.2 Å². The Balaban J connectivity index is 1.78. The van der Waals surface area contributed by atoms with Crippen molar-refractivity contribution in [2.75, 3.05) is 7.11 Å². The monoisotopic (exact) mass is 437 g/mol. The minimum atomic E-state index is -1.20. The molecule has 3 aromatic rings. The summed E-state index contributed by atoms with van der Waals surface area (Å²) in [6.07, 6.45) is 4.71. The van der Waals surface area contributed by atoms with Gasteiger partial charge in [0.2, 0.25) is 0 Å².